The highest BCUT2D eigenvalue weighted by atomic mass is 31.2. The summed E-state index contributed by atoms with van der Waals surface area (Å²) in [6.07, 6.45) is 47.8. The van der Waals surface area contributed by atoms with Crippen molar-refractivity contribution in [2.24, 2.45) is 0 Å². The van der Waals surface area contributed by atoms with Gasteiger partial charge in [0, 0.05) is 20.0 Å². The van der Waals surface area contributed by atoms with Crippen molar-refractivity contribution in [3.63, 3.8) is 0 Å². The molecular weight excluding hydrogens is 663 g/mol. The van der Waals surface area contributed by atoms with Crippen LogP contribution in [0.4, 0.5) is 0 Å². The Labute approximate surface area is 310 Å². The summed E-state index contributed by atoms with van der Waals surface area (Å²) in [5.41, 5.74) is 0. The number of esters is 2. The predicted octanol–water partition coefficient (Wildman–Crippen LogP) is 11.9. The number of rotatable bonds is 34. The Kier molecular flexibility index (Phi) is 35.0. The van der Waals surface area contributed by atoms with Crippen molar-refractivity contribution < 1.29 is 37.6 Å². The van der Waals surface area contributed by atoms with Crippen LogP contribution in [0.3, 0.4) is 0 Å². The molecule has 0 bridgehead atoms. The minimum atomic E-state index is -4.27. The fourth-order valence-electron chi connectivity index (χ4n) is 4.72. The summed E-state index contributed by atoms with van der Waals surface area (Å²) in [6.45, 7) is 3.60. The second-order valence-electron chi connectivity index (χ2n) is 12.3. The first-order chi connectivity index (χ1) is 24.8. The summed E-state index contributed by atoms with van der Waals surface area (Å²) >= 11 is 0. The van der Waals surface area contributed by atoms with E-state index in [-0.39, 0.29) is 19.4 Å². The molecule has 51 heavy (non-hydrogen) atoms. The molecule has 0 aromatic rings. The Bertz CT molecular complexity index is 1100. The molecule has 0 rings (SSSR count). The molecule has 9 heteroatoms. The van der Waals surface area contributed by atoms with Crippen LogP contribution in [0.25, 0.3) is 0 Å². The first-order valence-corrected chi connectivity index (χ1v) is 20.8. The molecule has 0 saturated carbocycles. The van der Waals surface area contributed by atoms with Crippen LogP contribution < -0.4 is 0 Å². The van der Waals surface area contributed by atoms with Crippen molar-refractivity contribution in [2.75, 3.05) is 20.3 Å². The van der Waals surface area contributed by atoms with Crippen LogP contribution in [0.1, 0.15) is 142 Å². The Balaban J connectivity index is 4.13. The van der Waals surface area contributed by atoms with Crippen molar-refractivity contribution in [1.29, 1.82) is 0 Å². The van der Waals surface area contributed by atoms with Crippen molar-refractivity contribution >= 4 is 19.8 Å². The van der Waals surface area contributed by atoms with E-state index >= 15 is 0 Å². The van der Waals surface area contributed by atoms with Gasteiger partial charge in [-0.25, -0.2) is 4.57 Å². The van der Waals surface area contributed by atoms with Gasteiger partial charge in [0.15, 0.2) is 6.10 Å². The maximum atomic E-state index is 12.5. The lowest BCUT2D eigenvalue weighted by molar-refractivity contribution is -0.161. The van der Waals surface area contributed by atoms with Gasteiger partial charge in [0.25, 0.3) is 0 Å². The largest absolute Gasteiger partial charge is 0.472 e. The van der Waals surface area contributed by atoms with Gasteiger partial charge in [0.05, 0.1) is 6.61 Å². The van der Waals surface area contributed by atoms with Crippen LogP contribution in [-0.2, 0) is 32.7 Å². The minimum absolute atomic E-state index is 0.217. The quantitative estimate of drug-likeness (QED) is 0.0301. The third-order valence-corrected chi connectivity index (χ3v) is 8.57. The average Bonchev–Trinajstić information content (AvgIpc) is 3.12. The normalized spacial score (nSPS) is 14.4. The van der Waals surface area contributed by atoms with Gasteiger partial charge < -0.3 is 14.4 Å². The lowest BCUT2D eigenvalue weighted by atomic mass is 10.1. The van der Waals surface area contributed by atoms with Gasteiger partial charge in [0.1, 0.15) is 6.61 Å². The SMILES string of the molecule is CC/C=C\C/C=C\C/C=C\C/C=C\CCCCCCCCC(=O)OC(COC(=O)CCCCC/C=C\C/C=C\C/C=C\CC)COP(=O)(O)OC. The zero-order valence-corrected chi connectivity index (χ0v) is 32.9. The number of carbonyl (C=O) groups is 2. The molecule has 0 heterocycles. The minimum Gasteiger partial charge on any atom is -0.462 e. The summed E-state index contributed by atoms with van der Waals surface area (Å²) in [7, 11) is -3.23. The first kappa shape index (κ1) is 48.2. The average molecular weight is 733 g/mol. The number of hydrogen-bond donors (Lipinski definition) is 1. The Morgan fingerprint density at radius 3 is 1.41 bits per heavy atom. The van der Waals surface area contributed by atoms with Gasteiger partial charge in [-0.1, -0.05) is 131 Å². The monoisotopic (exact) mass is 732 g/mol. The summed E-state index contributed by atoms with van der Waals surface area (Å²) in [4.78, 5) is 34.3. The van der Waals surface area contributed by atoms with E-state index in [0.717, 1.165) is 110 Å². The zero-order valence-electron chi connectivity index (χ0n) is 32.0. The summed E-state index contributed by atoms with van der Waals surface area (Å²) < 4.78 is 31.8. The molecule has 0 radical (unpaired) electrons. The molecule has 0 aromatic heterocycles. The Morgan fingerprint density at radius 2 is 0.941 bits per heavy atom. The molecule has 0 fully saturated rings. The second-order valence-corrected chi connectivity index (χ2v) is 13.9. The third kappa shape index (κ3) is 36.8. The van der Waals surface area contributed by atoms with E-state index in [0.29, 0.717) is 12.8 Å². The third-order valence-electron chi connectivity index (χ3n) is 7.63. The van der Waals surface area contributed by atoms with Crippen LogP contribution in [0.2, 0.25) is 0 Å². The van der Waals surface area contributed by atoms with Gasteiger partial charge in [0.2, 0.25) is 0 Å². The van der Waals surface area contributed by atoms with Crippen LogP contribution in [0, 0.1) is 0 Å². The smallest absolute Gasteiger partial charge is 0.462 e. The number of unbranched alkanes of at least 4 members (excludes halogenated alkanes) is 9. The maximum Gasteiger partial charge on any atom is 0.472 e. The van der Waals surface area contributed by atoms with Gasteiger partial charge in [-0.2, -0.15) is 0 Å². The van der Waals surface area contributed by atoms with Crippen molar-refractivity contribution in [3.05, 3.63) is 85.1 Å². The lowest BCUT2D eigenvalue weighted by Gasteiger charge is -2.19. The Morgan fingerprint density at radius 1 is 0.549 bits per heavy atom. The molecule has 0 saturated heterocycles. The molecule has 0 amide bonds. The molecule has 0 aliphatic heterocycles. The standard InChI is InChI=1S/C42H69O8P/c1-4-6-8-10-12-14-16-18-19-20-21-22-23-25-27-29-31-33-35-37-42(44)50-40(39-49-51(45,46)47-3)38-48-41(43)36-34-32-30-28-26-24-17-15-13-11-9-7-5-2/h6-9,12-15,18-19,21-22,24,26,40H,4-5,10-11,16-17,20,23,25,27-39H2,1-3H3,(H,45,46)/b8-6-,9-7-,14-12-,15-13-,19-18-,22-21-,26-24-. The summed E-state index contributed by atoms with van der Waals surface area (Å²) in [6, 6.07) is 0. The fourth-order valence-corrected chi connectivity index (χ4v) is 5.18. The number of allylic oxidation sites excluding steroid dienone is 14. The fraction of sp³-hybridized carbons (Fsp3) is 0.619. The predicted molar refractivity (Wildman–Crippen MR) is 211 cm³/mol. The summed E-state index contributed by atoms with van der Waals surface area (Å²) in [5.74, 6) is -0.865. The van der Waals surface area contributed by atoms with Gasteiger partial charge in [-0.15, -0.1) is 0 Å². The summed E-state index contributed by atoms with van der Waals surface area (Å²) in [5, 5.41) is 0. The van der Waals surface area contributed by atoms with E-state index in [4.69, 9.17) is 14.0 Å². The molecule has 0 aromatic carbocycles. The first-order valence-electron chi connectivity index (χ1n) is 19.3. The molecule has 2 unspecified atom stereocenters. The van der Waals surface area contributed by atoms with Gasteiger partial charge >= 0.3 is 19.8 Å². The Hall–Kier alpha value is -2.77. The van der Waals surface area contributed by atoms with Gasteiger partial charge in [-0.05, 0) is 83.5 Å². The molecule has 290 valence electrons. The van der Waals surface area contributed by atoms with E-state index in [1.807, 2.05) is 0 Å². The molecule has 1 N–H and O–H groups in total. The molecule has 0 spiro atoms. The lowest BCUT2D eigenvalue weighted by Crippen LogP contribution is -2.29. The molecule has 8 nitrogen and oxygen atoms in total. The second kappa shape index (κ2) is 37.0. The highest BCUT2D eigenvalue weighted by molar-refractivity contribution is 7.47. The van der Waals surface area contributed by atoms with Crippen molar-refractivity contribution in [3.8, 4) is 0 Å². The number of hydrogen-bond acceptors (Lipinski definition) is 7. The van der Waals surface area contributed by atoms with Crippen LogP contribution in [0.5, 0.6) is 0 Å². The number of phosphoric ester groups is 1. The van der Waals surface area contributed by atoms with E-state index in [1.54, 1.807) is 0 Å². The maximum absolute atomic E-state index is 12.5. The van der Waals surface area contributed by atoms with Crippen LogP contribution in [-0.4, -0.2) is 43.3 Å². The number of ether oxygens (including phenoxy) is 2. The molecule has 0 aliphatic rings. The van der Waals surface area contributed by atoms with E-state index in [9.17, 15) is 19.0 Å². The van der Waals surface area contributed by atoms with Crippen molar-refractivity contribution in [1.82, 2.24) is 0 Å². The van der Waals surface area contributed by atoms with Gasteiger partial charge in [-0.3, -0.25) is 18.6 Å². The van der Waals surface area contributed by atoms with Crippen LogP contribution in [0.15, 0.2) is 85.1 Å². The van der Waals surface area contributed by atoms with Crippen LogP contribution >= 0.6 is 7.82 Å². The number of carbonyl (C=O) groups excluding carboxylic acids is 2. The zero-order chi connectivity index (χ0) is 37.5. The highest BCUT2D eigenvalue weighted by Gasteiger charge is 2.24. The molecular formula is C42H69O8P. The molecule has 0 aliphatic carbocycles. The van der Waals surface area contributed by atoms with E-state index in [2.05, 4.69) is 103 Å². The van der Waals surface area contributed by atoms with Crippen molar-refractivity contribution in [2.45, 2.75) is 148 Å². The number of phosphoric acid groups is 1. The molecule has 2 atom stereocenters. The van der Waals surface area contributed by atoms with E-state index in [1.165, 1.54) is 0 Å². The topological polar surface area (TPSA) is 108 Å². The van der Waals surface area contributed by atoms with E-state index < -0.39 is 32.5 Å². The highest BCUT2D eigenvalue weighted by Crippen LogP contribution is 2.42.